The number of halogens is 3. The van der Waals surface area contributed by atoms with E-state index in [-0.39, 0.29) is 87.0 Å². The topological polar surface area (TPSA) is 313 Å². The zero-order chi connectivity index (χ0) is 78.7. The molecule has 3 amide bonds. The number of hydrogen-bond donors (Lipinski definition) is 5. The van der Waals surface area contributed by atoms with Crippen molar-refractivity contribution >= 4 is 47.8 Å². The number of likely N-dealkylation sites (N-methyl/N-ethyl adjacent to an activating group) is 2. The molecular weight excluding hydrogens is 1370 g/mol. The molecule has 105 heavy (non-hydrogen) atoms. The number of cyclic esters (lactones) is 1. The SMILES string of the molecule is C#CCNC(=O)[C@H](CCCCNC(=O)CO/N=C/C[C@@H](C)[C@@H](OC(C)=O)[C@@H](C)[C@@H](CC[C@H](C)[C@H](O)[C@H](C)[C@@H]1C/C=C/[C@H](OC)C[C@H](C)C/C=C(\C)[C@@H](OC)CC[C@@H](C)[C@@H](O)[C@H](C)[C@H](OC(=O)C(COC)N(C)C)C/C=C/C=C/C(=O)O1)OC(=O)C(C)N(C)C)NC(=O)c1ccc(C2(C(F)(F)F)N=N2)cc1. The molecule has 1 aromatic rings. The van der Waals surface area contributed by atoms with Gasteiger partial charge in [-0.25, -0.2) is 4.79 Å². The van der Waals surface area contributed by atoms with Crippen LogP contribution in [-0.2, 0) is 72.4 Å². The Labute approximate surface area is 619 Å². The average Bonchev–Trinajstić information content (AvgIpc) is 1.58. The first-order valence-corrected chi connectivity index (χ1v) is 36.3. The number of methoxy groups -OCH3 is 3. The maximum atomic E-state index is 13.8. The average molecular weight is 1490 g/mol. The molecule has 28 heteroatoms. The van der Waals surface area contributed by atoms with Gasteiger partial charge in [-0.15, -0.1) is 16.7 Å². The number of amides is 3. The highest BCUT2D eigenvalue weighted by Gasteiger charge is 2.65. The van der Waals surface area contributed by atoms with Crippen molar-refractivity contribution in [2.45, 2.75) is 225 Å². The highest BCUT2D eigenvalue weighted by molar-refractivity contribution is 5.97. The molecular formula is C77H119F3N8O17. The number of aliphatic hydroxyl groups is 2. The van der Waals surface area contributed by atoms with Gasteiger partial charge in [-0.3, -0.25) is 38.6 Å². The van der Waals surface area contributed by atoms with Gasteiger partial charge in [-0.1, -0.05) is 108 Å². The lowest BCUT2D eigenvalue weighted by Crippen LogP contribution is -2.47. The van der Waals surface area contributed by atoms with Crippen LogP contribution >= 0.6 is 0 Å². The lowest BCUT2D eigenvalue weighted by molar-refractivity contribution is -0.167. The summed E-state index contributed by atoms with van der Waals surface area (Å²) in [5.74, 6) is -4.41. The second kappa shape index (κ2) is 46.6. The Morgan fingerprint density at radius 2 is 1.55 bits per heavy atom. The van der Waals surface area contributed by atoms with Crippen LogP contribution in [0, 0.1) is 53.8 Å². The molecule has 2 aliphatic heterocycles. The summed E-state index contributed by atoms with van der Waals surface area (Å²) >= 11 is 0. The number of alkyl halides is 3. The van der Waals surface area contributed by atoms with E-state index in [1.54, 1.807) is 71.3 Å². The molecule has 25 nitrogen and oxygen atoms in total. The summed E-state index contributed by atoms with van der Waals surface area (Å²) in [4.78, 5) is 102. The fourth-order valence-electron chi connectivity index (χ4n) is 12.3. The molecule has 2 unspecified atom stereocenters. The molecule has 3 rings (SSSR count). The summed E-state index contributed by atoms with van der Waals surface area (Å²) in [5.41, 5.74) is -1.85. The number of oxime groups is 1. The smallest absolute Gasteiger partial charge is 0.442 e. The largest absolute Gasteiger partial charge is 0.462 e. The number of ether oxygens (including phenoxy) is 7. The number of rotatable bonds is 35. The van der Waals surface area contributed by atoms with Crippen molar-refractivity contribution in [3.63, 3.8) is 0 Å². The van der Waals surface area contributed by atoms with Crippen LogP contribution in [0.25, 0.3) is 0 Å². The van der Waals surface area contributed by atoms with E-state index in [4.69, 9.17) is 44.4 Å². The van der Waals surface area contributed by atoms with E-state index >= 15 is 0 Å². The van der Waals surface area contributed by atoms with Crippen LogP contribution in [0.1, 0.15) is 162 Å². The third-order valence-electron chi connectivity index (χ3n) is 19.7. The zero-order valence-electron chi connectivity index (χ0n) is 64.6. The second-order valence-electron chi connectivity index (χ2n) is 28.5. The number of allylic oxidation sites excluding steroid dienone is 3. The Bertz CT molecular complexity index is 3100. The highest BCUT2D eigenvalue weighted by Crippen LogP contribution is 2.52. The van der Waals surface area contributed by atoms with Crippen LogP contribution in [0.4, 0.5) is 13.2 Å². The van der Waals surface area contributed by atoms with Gasteiger partial charge in [0.2, 0.25) is 5.91 Å². The second-order valence-corrected chi connectivity index (χ2v) is 28.5. The molecule has 590 valence electrons. The first-order valence-electron chi connectivity index (χ1n) is 36.3. The summed E-state index contributed by atoms with van der Waals surface area (Å²) in [6, 6.07) is 2.14. The number of esters is 4. The number of benzene rings is 1. The predicted molar refractivity (Wildman–Crippen MR) is 392 cm³/mol. The van der Waals surface area contributed by atoms with Gasteiger partial charge in [0, 0.05) is 88.8 Å². The van der Waals surface area contributed by atoms with Crippen LogP contribution in [0.5, 0.6) is 0 Å². The number of unbranched alkanes of at least 4 members (excludes halogenated alkanes) is 1. The minimum absolute atomic E-state index is 0.00440. The lowest BCUT2D eigenvalue weighted by Gasteiger charge is -2.35. The van der Waals surface area contributed by atoms with Crippen molar-refractivity contribution in [2.75, 3.05) is 75.8 Å². The maximum Gasteiger partial charge on any atom is 0.442 e. The monoisotopic (exact) mass is 1480 g/mol. The molecule has 0 saturated heterocycles. The summed E-state index contributed by atoms with van der Waals surface area (Å²) in [5, 5.41) is 42.2. The van der Waals surface area contributed by atoms with Crippen molar-refractivity contribution in [1.29, 1.82) is 0 Å². The summed E-state index contributed by atoms with van der Waals surface area (Å²) in [7, 11) is 11.8. The number of nitrogens with one attached hydrogen (secondary N) is 3. The maximum absolute atomic E-state index is 13.8. The van der Waals surface area contributed by atoms with Gasteiger partial charge in [0.25, 0.3) is 11.8 Å². The van der Waals surface area contributed by atoms with E-state index in [1.165, 1.54) is 44.5 Å². The molecule has 0 radical (unpaired) electrons. The van der Waals surface area contributed by atoms with E-state index in [0.29, 0.717) is 38.5 Å². The number of terminal acetylenes is 1. The number of hydrogen-bond acceptors (Lipinski definition) is 22. The van der Waals surface area contributed by atoms with Gasteiger partial charge in [-0.2, -0.15) is 13.2 Å². The molecule has 0 bridgehead atoms. The predicted octanol–water partition coefficient (Wildman–Crippen LogP) is 9.54. The van der Waals surface area contributed by atoms with Crippen LogP contribution in [0.3, 0.4) is 0 Å². The molecule has 2 heterocycles. The molecule has 0 saturated carbocycles. The van der Waals surface area contributed by atoms with E-state index < -0.39 is 144 Å². The highest BCUT2D eigenvalue weighted by atomic mass is 19.4. The fraction of sp³-hybridized carbons (Fsp3) is 0.688. The summed E-state index contributed by atoms with van der Waals surface area (Å²) in [6.45, 7) is 18.0. The Morgan fingerprint density at radius 1 is 0.867 bits per heavy atom. The van der Waals surface area contributed by atoms with Crippen LogP contribution in [-0.4, -0.2) is 217 Å². The van der Waals surface area contributed by atoms with Gasteiger partial charge in [0.1, 0.15) is 42.5 Å². The van der Waals surface area contributed by atoms with Crippen molar-refractivity contribution < 1.29 is 94.9 Å². The normalized spacial score (nSPS) is 25.1. The van der Waals surface area contributed by atoms with Crippen LogP contribution in [0.2, 0.25) is 0 Å². The molecule has 0 aliphatic carbocycles. The first-order chi connectivity index (χ1) is 49.6. The number of carbonyl (C=O) groups is 7. The minimum atomic E-state index is -4.75. The van der Waals surface area contributed by atoms with E-state index in [0.717, 1.165) is 24.1 Å². The number of nitrogens with zero attached hydrogens (tertiary/aromatic N) is 5. The van der Waals surface area contributed by atoms with E-state index in [2.05, 4.69) is 50.3 Å². The minimum Gasteiger partial charge on any atom is -0.462 e. The molecule has 18 atom stereocenters. The van der Waals surface area contributed by atoms with Gasteiger partial charge in [0.05, 0.1) is 37.6 Å². The Hall–Kier alpha value is -7.39. The van der Waals surface area contributed by atoms with Gasteiger partial charge in [0.15, 0.2) is 6.61 Å². The van der Waals surface area contributed by atoms with Gasteiger partial charge < -0.3 is 64.2 Å². The number of carbonyl (C=O) groups excluding carboxylic acids is 7. The fourth-order valence-corrected chi connectivity index (χ4v) is 12.3. The molecule has 1 aromatic carbocycles. The Balaban J connectivity index is 1.78. The van der Waals surface area contributed by atoms with Gasteiger partial charge in [-0.05, 0) is 148 Å². The van der Waals surface area contributed by atoms with E-state index in [1.807, 2.05) is 60.6 Å². The summed E-state index contributed by atoms with van der Waals surface area (Å²) < 4.78 is 82.3. The molecule has 0 spiro atoms. The summed E-state index contributed by atoms with van der Waals surface area (Å²) in [6.07, 6.45) is 13.4. The van der Waals surface area contributed by atoms with Crippen molar-refractivity contribution in [1.82, 2.24) is 25.8 Å². The van der Waals surface area contributed by atoms with Gasteiger partial charge >= 0.3 is 35.7 Å². The zero-order valence-corrected chi connectivity index (χ0v) is 64.6. The molecule has 0 aromatic heterocycles. The standard InChI is InChI=1S/C77H119F3N8O17/c1-19-42-82-73(95)61(84-72(94)58-35-37-59(38-36-58)76(85-86-76)77(78,79)80)27-23-24-43-81-67(90)47-101-83-44-41-52(6)71(102-57(11)89)55(9)66(104-74(96)56(10)87(12)13)40-34-51(5)69(92)53(7)64-29-25-26-60(99-17)45-48(2)31-32-49(3)63(100-18)39-33-50(4)70(93)54(8)65(28-21-20-22-30-68(91)103-64)105-75(97)62(46-98-16)88(14)15/h1,20-22,25-26,30,32,35-38,44,48,50-56,60-66,69-71,92-93H,23-24,27-29,31,33-34,39-43,45-47H2,2-18H3,(H,81,90)(H,82,95)(H,84,94)/b21-20+,26-25+,30-22+,49-32+,83-44+/t48-,50-,51+,52-,53-,54-,55+,56?,60+,61+,62?,63+,64+,65-,66-,69+,70-,71-/m1/s1. The lowest BCUT2D eigenvalue weighted by atomic mass is 9.82. The van der Waals surface area contributed by atoms with Crippen LogP contribution < -0.4 is 16.0 Å². The molecule has 5 N–H and O–H groups in total. The third kappa shape index (κ3) is 31.2. The third-order valence-corrected chi connectivity index (χ3v) is 19.7. The first kappa shape index (κ1) is 91.8. The number of aliphatic hydroxyl groups excluding tert-OH is 2. The van der Waals surface area contributed by atoms with Crippen molar-refractivity contribution in [3.05, 3.63) is 83.5 Å². The Kier molecular flexibility index (Phi) is 40.8. The van der Waals surface area contributed by atoms with Crippen LogP contribution in [0.15, 0.2) is 87.8 Å². The van der Waals surface area contributed by atoms with Crippen molar-refractivity contribution in [3.8, 4) is 12.3 Å². The Morgan fingerprint density at radius 3 is 2.15 bits per heavy atom. The molecule has 2 aliphatic rings. The quantitative estimate of drug-likeness (QED) is 0.00803. The van der Waals surface area contributed by atoms with Crippen molar-refractivity contribution in [2.24, 2.45) is 56.8 Å². The molecule has 0 fully saturated rings. The van der Waals surface area contributed by atoms with E-state index in [9.17, 15) is 56.9 Å².